The standard InChI is InChI=1S/C18H27N3O3/c19-18(20)21-8-1-2-9-24-16-7-6-15-10-13(11-17(22)23)4-3-5-14(15)12-16/h6-7,12-13H,1-5,8-11H2,(H,22,23)(H4,19,20,21). The first-order chi connectivity index (χ1) is 11.5. The van der Waals surface area contributed by atoms with Crippen LogP contribution in [0.1, 0.15) is 43.2 Å². The van der Waals surface area contributed by atoms with Gasteiger partial charge in [-0.05, 0) is 67.7 Å². The first-order valence-electron chi connectivity index (χ1n) is 8.56. The van der Waals surface area contributed by atoms with Crippen molar-refractivity contribution in [1.29, 1.82) is 0 Å². The summed E-state index contributed by atoms with van der Waals surface area (Å²) in [5.41, 5.74) is 13.1. The van der Waals surface area contributed by atoms with Crippen molar-refractivity contribution in [2.75, 3.05) is 13.2 Å². The number of guanidine groups is 1. The van der Waals surface area contributed by atoms with E-state index in [1.54, 1.807) is 0 Å². The molecule has 6 heteroatoms. The van der Waals surface area contributed by atoms with Crippen LogP contribution >= 0.6 is 0 Å². The molecule has 24 heavy (non-hydrogen) atoms. The van der Waals surface area contributed by atoms with E-state index in [9.17, 15) is 4.79 Å². The smallest absolute Gasteiger partial charge is 0.303 e. The van der Waals surface area contributed by atoms with Gasteiger partial charge in [-0.15, -0.1) is 0 Å². The summed E-state index contributed by atoms with van der Waals surface area (Å²) in [7, 11) is 0. The maximum absolute atomic E-state index is 10.9. The van der Waals surface area contributed by atoms with E-state index < -0.39 is 5.97 Å². The summed E-state index contributed by atoms with van der Waals surface area (Å²) >= 11 is 0. The lowest BCUT2D eigenvalue weighted by atomic mass is 9.94. The topological polar surface area (TPSA) is 111 Å². The Hall–Kier alpha value is -2.24. The summed E-state index contributed by atoms with van der Waals surface area (Å²) in [6.07, 6.45) is 5.89. The van der Waals surface area contributed by atoms with Gasteiger partial charge in [0.25, 0.3) is 0 Å². The van der Waals surface area contributed by atoms with Crippen LogP contribution in [0.5, 0.6) is 5.75 Å². The van der Waals surface area contributed by atoms with Gasteiger partial charge in [0, 0.05) is 13.0 Å². The molecule has 0 bridgehead atoms. The number of unbranched alkanes of at least 4 members (excludes halogenated alkanes) is 1. The van der Waals surface area contributed by atoms with Gasteiger partial charge in [-0.3, -0.25) is 9.79 Å². The molecule has 132 valence electrons. The summed E-state index contributed by atoms with van der Waals surface area (Å²) in [5.74, 6) is 0.547. The Morgan fingerprint density at radius 1 is 1.29 bits per heavy atom. The number of aryl methyl sites for hydroxylation is 1. The number of carbonyl (C=O) groups is 1. The van der Waals surface area contributed by atoms with Gasteiger partial charge < -0.3 is 21.3 Å². The fraction of sp³-hybridized carbons (Fsp3) is 0.556. The monoisotopic (exact) mass is 333 g/mol. The molecule has 1 atom stereocenters. The van der Waals surface area contributed by atoms with Crippen molar-refractivity contribution in [1.82, 2.24) is 0 Å². The Balaban J connectivity index is 1.84. The van der Waals surface area contributed by atoms with Crippen LogP contribution in [-0.4, -0.2) is 30.2 Å². The molecule has 0 aliphatic heterocycles. The van der Waals surface area contributed by atoms with Crippen molar-refractivity contribution < 1.29 is 14.6 Å². The van der Waals surface area contributed by atoms with E-state index in [1.807, 2.05) is 6.07 Å². The summed E-state index contributed by atoms with van der Waals surface area (Å²) in [6, 6.07) is 6.18. The average molecular weight is 333 g/mol. The molecule has 0 spiro atoms. The van der Waals surface area contributed by atoms with Crippen molar-refractivity contribution in [3.8, 4) is 5.75 Å². The molecule has 0 saturated heterocycles. The van der Waals surface area contributed by atoms with E-state index >= 15 is 0 Å². The summed E-state index contributed by atoms with van der Waals surface area (Å²) in [5, 5.41) is 9.00. The second-order valence-electron chi connectivity index (χ2n) is 6.35. The van der Waals surface area contributed by atoms with Crippen LogP contribution in [-0.2, 0) is 17.6 Å². The second-order valence-corrected chi connectivity index (χ2v) is 6.35. The van der Waals surface area contributed by atoms with E-state index in [0.29, 0.717) is 13.2 Å². The molecule has 0 radical (unpaired) electrons. The van der Waals surface area contributed by atoms with Crippen molar-refractivity contribution in [3.63, 3.8) is 0 Å². The van der Waals surface area contributed by atoms with E-state index in [1.165, 1.54) is 11.1 Å². The van der Waals surface area contributed by atoms with E-state index in [0.717, 1.165) is 44.3 Å². The number of carboxylic acids is 1. The molecule has 0 saturated carbocycles. The molecule has 1 unspecified atom stereocenters. The molecule has 0 aromatic heterocycles. The minimum absolute atomic E-state index is 0.128. The van der Waals surface area contributed by atoms with Gasteiger partial charge in [0.2, 0.25) is 0 Å². The summed E-state index contributed by atoms with van der Waals surface area (Å²) in [4.78, 5) is 14.9. The van der Waals surface area contributed by atoms with Gasteiger partial charge in [-0.25, -0.2) is 0 Å². The van der Waals surface area contributed by atoms with Crippen LogP contribution < -0.4 is 16.2 Å². The highest BCUT2D eigenvalue weighted by atomic mass is 16.5. The molecule has 0 amide bonds. The summed E-state index contributed by atoms with van der Waals surface area (Å²) in [6.45, 7) is 1.27. The average Bonchev–Trinajstić information content (AvgIpc) is 2.71. The first-order valence-corrected chi connectivity index (χ1v) is 8.56. The number of aliphatic carboxylic acids is 1. The molecule has 0 heterocycles. The SMILES string of the molecule is NC(N)=NCCCCOc1ccc2c(c1)CCCC(CC(=O)O)C2. The lowest BCUT2D eigenvalue weighted by Gasteiger charge is -2.13. The molecular weight excluding hydrogens is 306 g/mol. The third kappa shape index (κ3) is 6.10. The summed E-state index contributed by atoms with van der Waals surface area (Å²) < 4.78 is 5.81. The van der Waals surface area contributed by atoms with Crippen molar-refractivity contribution >= 4 is 11.9 Å². The normalized spacial score (nSPS) is 16.8. The van der Waals surface area contributed by atoms with Crippen LogP contribution in [0.25, 0.3) is 0 Å². The molecule has 6 nitrogen and oxygen atoms in total. The van der Waals surface area contributed by atoms with E-state index in [4.69, 9.17) is 21.3 Å². The zero-order valence-electron chi connectivity index (χ0n) is 14.0. The van der Waals surface area contributed by atoms with Crippen LogP contribution in [0.2, 0.25) is 0 Å². The number of ether oxygens (including phenoxy) is 1. The van der Waals surface area contributed by atoms with Crippen molar-refractivity contribution in [2.45, 2.75) is 44.9 Å². The minimum Gasteiger partial charge on any atom is -0.494 e. The Morgan fingerprint density at radius 2 is 2.12 bits per heavy atom. The molecule has 1 aromatic rings. The predicted octanol–water partition coefficient (Wildman–Crippen LogP) is 2.09. The molecule has 1 aromatic carbocycles. The number of hydrogen-bond acceptors (Lipinski definition) is 3. The fourth-order valence-electron chi connectivity index (χ4n) is 3.15. The number of nitrogens with zero attached hydrogens (tertiary/aromatic N) is 1. The number of carboxylic acid groups (broad SMARTS) is 1. The van der Waals surface area contributed by atoms with Crippen molar-refractivity contribution in [3.05, 3.63) is 29.3 Å². The third-order valence-corrected chi connectivity index (χ3v) is 4.32. The molecule has 5 N–H and O–H groups in total. The highest BCUT2D eigenvalue weighted by Crippen LogP contribution is 2.29. The van der Waals surface area contributed by atoms with Gasteiger partial charge >= 0.3 is 5.97 Å². The van der Waals surface area contributed by atoms with Gasteiger partial charge in [0.1, 0.15) is 5.75 Å². The van der Waals surface area contributed by atoms with Crippen LogP contribution in [0.3, 0.4) is 0 Å². The Morgan fingerprint density at radius 3 is 2.88 bits per heavy atom. The molecule has 2 rings (SSSR count). The van der Waals surface area contributed by atoms with Gasteiger partial charge in [0.15, 0.2) is 5.96 Å². The third-order valence-electron chi connectivity index (χ3n) is 4.32. The van der Waals surface area contributed by atoms with Crippen LogP contribution in [0.4, 0.5) is 0 Å². The highest BCUT2D eigenvalue weighted by molar-refractivity contribution is 5.75. The lowest BCUT2D eigenvalue weighted by molar-refractivity contribution is -0.138. The number of fused-ring (bicyclic) bond motifs is 1. The largest absolute Gasteiger partial charge is 0.494 e. The first kappa shape index (κ1) is 18.1. The number of hydrogen-bond donors (Lipinski definition) is 3. The molecule has 1 aliphatic rings. The van der Waals surface area contributed by atoms with Crippen LogP contribution in [0, 0.1) is 5.92 Å². The molecule has 1 aliphatic carbocycles. The van der Waals surface area contributed by atoms with Gasteiger partial charge in [0.05, 0.1) is 6.61 Å². The number of nitrogens with two attached hydrogens (primary N) is 2. The minimum atomic E-state index is -0.705. The predicted molar refractivity (Wildman–Crippen MR) is 94.2 cm³/mol. The van der Waals surface area contributed by atoms with E-state index in [-0.39, 0.29) is 18.3 Å². The van der Waals surface area contributed by atoms with Gasteiger partial charge in [-0.2, -0.15) is 0 Å². The van der Waals surface area contributed by atoms with Gasteiger partial charge in [-0.1, -0.05) is 6.07 Å². The second kappa shape index (κ2) is 9.15. The highest BCUT2D eigenvalue weighted by Gasteiger charge is 2.19. The number of aliphatic imine (C=N–C) groups is 1. The molecular formula is C18H27N3O3. The van der Waals surface area contributed by atoms with Crippen LogP contribution in [0.15, 0.2) is 23.2 Å². The maximum Gasteiger partial charge on any atom is 0.303 e. The zero-order chi connectivity index (χ0) is 17.4. The lowest BCUT2D eigenvalue weighted by Crippen LogP contribution is -2.23. The number of benzene rings is 1. The zero-order valence-corrected chi connectivity index (χ0v) is 14.0. The fourth-order valence-corrected chi connectivity index (χ4v) is 3.15. The van der Waals surface area contributed by atoms with Crippen molar-refractivity contribution in [2.24, 2.45) is 22.4 Å². The number of rotatable bonds is 8. The Labute approximate surface area is 142 Å². The quantitative estimate of drug-likeness (QED) is 0.292. The van der Waals surface area contributed by atoms with E-state index in [2.05, 4.69) is 17.1 Å². The molecule has 0 fully saturated rings. The Bertz CT molecular complexity index is 583. The Kier molecular flexibility index (Phi) is 6.90. The maximum atomic E-state index is 10.9.